The van der Waals surface area contributed by atoms with E-state index in [2.05, 4.69) is 20.4 Å². The maximum Gasteiger partial charge on any atom is 0.433 e. The number of halogens is 3. The van der Waals surface area contributed by atoms with Gasteiger partial charge in [-0.15, -0.1) is 5.10 Å². The highest BCUT2D eigenvalue weighted by Gasteiger charge is 2.36. The first kappa shape index (κ1) is 16.9. The molecule has 0 unspecified atom stereocenters. The SMILES string of the molecule is CCCCNC(=O)c1nc2nc(-c3ccco3)cc(C(F)(F)F)n2n1. The van der Waals surface area contributed by atoms with E-state index >= 15 is 0 Å². The number of aromatic nitrogens is 4. The van der Waals surface area contributed by atoms with E-state index in [-0.39, 0.29) is 23.1 Å². The molecule has 3 aromatic heterocycles. The van der Waals surface area contributed by atoms with Crippen molar-refractivity contribution in [3.05, 3.63) is 36.0 Å². The molecule has 7 nitrogen and oxygen atoms in total. The monoisotopic (exact) mass is 353 g/mol. The number of amides is 1. The average molecular weight is 353 g/mol. The van der Waals surface area contributed by atoms with Crippen LogP contribution in [0, 0.1) is 0 Å². The number of alkyl halides is 3. The fourth-order valence-electron chi connectivity index (χ4n) is 2.17. The van der Waals surface area contributed by atoms with E-state index < -0.39 is 17.8 Å². The Hall–Kier alpha value is -2.91. The molecule has 0 aliphatic rings. The van der Waals surface area contributed by atoms with Crippen molar-refractivity contribution in [3.63, 3.8) is 0 Å². The molecular formula is C15H14F3N5O2. The Kier molecular flexibility index (Phi) is 4.43. The molecule has 10 heteroatoms. The smallest absolute Gasteiger partial charge is 0.433 e. The Balaban J connectivity index is 2.06. The number of carbonyl (C=O) groups is 1. The van der Waals surface area contributed by atoms with Gasteiger partial charge < -0.3 is 9.73 Å². The third kappa shape index (κ3) is 3.47. The minimum absolute atomic E-state index is 0.0461. The number of hydrogen-bond donors (Lipinski definition) is 1. The lowest BCUT2D eigenvalue weighted by Gasteiger charge is -2.09. The largest absolute Gasteiger partial charge is 0.463 e. The van der Waals surface area contributed by atoms with Crippen LogP contribution in [0.25, 0.3) is 17.2 Å². The van der Waals surface area contributed by atoms with Gasteiger partial charge in [-0.1, -0.05) is 13.3 Å². The summed E-state index contributed by atoms with van der Waals surface area (Å²) in [5.41, 5.74) is -1.14. The number of nitrogens with zero attached hydrogens (tertiary/aromatic N) is 4. The molecule has 0 aliphatic carbocycles. The van der Waals surface area contributed by atoms with Crippen LogP contribution in [0.5, 0.6) is 0 Å². The molecule has 0 bridgehead atoms. The summed E-state index contributed by atoms with van der Waals surface area (Å²) in [4.78, 5) is 19.8. The molecule has 0 saturated carbocycles. The summed E-state index contributed by atoms with van der Waals surface area (Å²) >= 11 is 0. The molecule has 0 aliphatic heterocycles. The summed E-state index contributed by atoms with van der Waals surface area (Å²) in [6, 6.07) is 3.82. The van der Waals surface area contributed by atoms with Gasteiger partial charge >= 0.3 is 6.18 Å². The van der Waals surface area contributed by atoms with Gasteiger partial charge in [-0.05, 0) is 24.6 Å². The molecule has 3 aromatic rings. The van der Waals surface area contributed by atoms with Gasteiger partial charge in [0.1, 0.15) is 5.69 Å². The number of carbonyl (C=O) groups excluding carboxylic acids is 1. The number of furan rings is 1. The van der Waals surface area contributed by atoms with Gasteiger partial charge in [0.25, 0.3) is 11.7 Å². The summed E-state index contributed by atoms with van der Waals surface area (Å²) in [6.07, 6.45) is -1.77. The van der Waals surface area contributed by atoms with Gasteiger partial charge in [-0.3, -0.25) is 4.79 Å². The van der Waals surface area contributed by atoms with Crippen LogP contribution in [0.2, 0.25) is 0 Å². The predicted molar refractivity (Wildman–Crippen MR) is 80.7 cm³/mol. The maximum atomic E-state index is 13.4. The number of rotatable bonds is 5. The van der Waals surface area contributed by atoms with Crippen LogP contribution in [-0.2, 0) is 6.18 Å². The Morgan fingerprint density at radius 2 is 2.16 bits per heavy atom. The average Bonchev–Trinajstić information content (AvgIpc) is 3.22. The van der Waals surface area contributed by atoms with E-state index in [1.165, 1.54) is 18.4 Å². The van der Waals surface area contributed by atoms with Crippen LogP contribution >= 0.6 is 0 Å². The molecule has 132 valence electrons. The van der Waals surface area contributed by atoms with E-state index in [1.54, 1.807) is 0 Å². The first-order valence-electron chi connectivity index (χ1n) is 7.57. The van der Waals surface area contributed by atoms with Crippen LogP contribution in [0.3, 0.4) is 0 Å². The van der Waals surface area contributed by atoms with Crippen molar-refractivity contribution in [2.45, 2.75) is 25.9 Å². The molecular weight excluding hydrogens is 339 g/mol. The first-order chi connectivity index (χ1) is 11.9. The van der Waals surface area contributed by atoms with Crippen molar-refractivity contribution in [2.24, 2.45) is 0 Å². The molecule has 0 atom stereocenters. The van der Waals surface area contributed by atoms with E-state index in [4.69, 9.17) is 4.42 Å². The van der Waals surface area contributed by atoms with Gasteiger partial charge in [0.15, 0.2) is 11.5 Å². The number of hydrogen-bond acceptors (Lipinski definition) is 5. The van der Waals surface area contributed by atoms with Crippen molar-refractivity contribution >= 4 is 11.7 Å². The highest BCUT2D eigenvalue weighted by molar-refractivity contribution is 5.90. The predicted octanol–water partition coefficient (Wildman–Crippen LogP) is 2.93. The Morgan fingerprint density at radius 3 is 2.80 bits per heavy atom. The van der Waals surface area contributed by atoms with Gasteiger partial charge in [0.2, 0.25) is 5.82 Å². The standard InChI is InChI=1S/C15H14F3N5O2/c1-2-3-6-19-13(24)12-21-14-20-9(10-5-4-7-25-10)8-11(15(16,17)18)23(14)22-12/h4-5,7-8H,2-3,6H2,1H3,(H,19,24). The zero-order valence-electron chi connectivity index (χ0n) is 13.2. The maximum absolute atomic E-state index is 13.4. The summed E-state index contributed by atoms with van der Waals surface area (Å²) in [7, 11) is 0. The zero-order chi connectivity index (χ0) is 18.0. The number of nitrogens with one attached hydrogen (secondary N) is 1. The molecule has 0 radical (unpaired) electrons. The molecule has 3 heterocycles. The first-order valence-corrected chi connectivity index (χ1v) is 7.57. The van der Waals surface area contributed by atoms with Crippen molar-refractivity contribution < 1.29 is 22.4 Å². The molecule has 3 rings (SSSR count). The van der Waals surface area contributed by atoms with Crippen LogP contribution in [0.1, 0.15) is 36.1 Å². The lowest BCUT2D eigenvalue weighted by molar-refractivity contribution is -0.142. The fraction of sp³-hybridized carbons (Fsp3) is 0.333. The summed E-state index contributed by atoms with van der Waals surface area (Å²) in [5.74, 6) is -1.19. The molecule has 0 aromatic carbocycles. The minimum Gasteiger partial charge on any atom is -0.463 e. The van der Waals surface area contributed by atoms with Crippen molar-refractivity contribution in [1.82, 2.24) is 24.9 Å². The second kappa shape index (κ2) is 6.54. The Labute approximate surface area is 139 Å². The normalized spacial score (nSPS) is 11.8. The van der Waals surface area contributed by atoms with E-state index in [0.29, 0.717) is 11.1 Å². The quantitative estimate of drug-likeness (QED) is 0.713. The molecule has 1 N–H and O–H groups in total. The molecule has 0 saturated heterocycles. The van der Waals surface area contributed by atoms with Crippen molar-refractivity contribution in [1.29, 1.82) is 0 Å². The highest BCUT2D eigenvalue weighted by atomic mass is 19.4. The summed E-state index contributed by atoms with van der Waals surface area (Å²) in [6.45, 7) is 2.34. The van der Waals surface area contributed by atoms with Gasteiger partial charge in [-0.25, -0.2) is 4.98 Å². The lowest BCUT2D eigenvalue weighted by atomic mass is 10.2. The fourth-order valence-corrected chi connectivity index (χ4v) is 2.17. The lowest BCUT2D eigenvalue weighted by Crippen LogP contribution is -2.25. The van der Waals surface area contributed by atoms with Crippen LogP contribution in [0.4, 0.5) is 13.2 Å². The van der Waals surface area contributed by atoms with E-state index in [9.17, 15) is 18.0 Å². The third-order valence-corrected chi connectivity index (χ3v) is 3.40. The topological polar surface area (TPSA) is 85.3 Å². The van der Waals surface area contributed by atoms with Crippen LogP contribution in [0.15, 0.2) is 28.9 Å². The van der Waals surface area contributed by atoms with Crippen molar-refractivity contribution in [2.75, 3.05) is 6.54 Å². The number of unbranched alkanes of at least 4 members (excludes halogenated alkanes) is 1. The molecule has 0 fully saturated rings. The van der Waals surface area contributed by atoms with Crippen molar-refractivity contribution in [3.8, 4) is 11.5 Å². The summed E-state index contributed by atoms with van der Waals surface area (Å²) in [5, 5.41) is 6.22. The summed E-state index contributed by atoms with van der Waals surface area (Å²) < 4.78 is 45.7. The van der Waals surface area contributed by atoms with E-state index in [1.807, 2.05) is 6.92 Å². The highest BCUT2D eigenvalue weighted by Crippen LogP contribution is 2.31. The molecule has 25 heavy (non-hydrogen) atoms. The Bertz CT molecular complexity index is 887. The van der Waals surface area contributed by atoms with Crippen LogP contribution in [-0.4, -0.2) is 32.0 Å². The van der Waals surface area contributed by atoms with Crippen LogP contribution < -0.4 is 5.32 Å². The molecule has 1 amide bonds. The third-order valence-electron chi connectivity index (χ3n) is 3.40. The van der Waals surface area contributed by atoms with Gasteiger partial charge in [0.05, 0.1) is 6.26 Å². The number of fused-ring (bicyclic) bond motifs is 1. The Morgan fingerprint density at radius 1 is 1.36 bits per heavy atom. The van der Waals surface area contributed by atoms with E-state index in [0.717, 1.165) is 18.9 Å². The van der Waals surface area contributed by atoms with Gasteiger partial charge in [-0.2, -0.15) is 22.7 Å². The second-order valence-electron chi connectivity index (χ2n) is 5.26. The minimum atomic E-state index is -4.70. The second-order valence-corrected chi connectivity index (χ2v) is 5.26. The van der Waals surface area contributed by atoms with Gasteiger partial charge in [0, 0.05) is 6.54 Å². The zero-order valence-corrected chi connectivity index (χ0v) is 13.2. The molecule has 0 spiro atoms.